The molecule has 0 atom stereocenters. The minimum Gasteiger partial charge on any atom is -0.489 e. The summed E-state index contributed by atoms with van der Waals surface area (Å²) in [6, 6.07) is 21.3. The van der Waals surface area contributed by atoms with Crippen molar-refractivity contribution >= 4 is 33.2 Å². The summed E-state index contributed by atoms with van der Waals surface area (Å²) in [4.78, 5) is 26.9. The van der Waals surface area contributed by atoms with Crippen LogP contribution in [0.25, 0.3) is 22.2 Å². The first-order valence-electron chi connectivity index (χ1n) is 15.0. The van der Waals surface area contributed by atoms with Gasteiger partial charge in [0.1, 0.15) is 23.7 Å². The van der Waals surface area contributed by atoms with E-state index in [2.05, 4.69) is 45.2 Å². The molecule has 7 nitrogen and oxygen atoms in total. The molecule has 3 aromatic carbocycles. The summed E-state index contributed by atoms with van der Waals surface area (Å²) < 4.78 is 20.1. The van der Waals surface area contributed by atoms with Gasteiger partial charge in [-0.2, -0.15) is 0 Å². The molecule has 1 N–H and O–H groups in total. The maximum Gasteiger partial charge on any atom is 0.419 e. The summed E-state index contributed by atoms with van der Waals surface area (Å²) in [6.07, 6.45) is 5.50. The Hall–Kier alpha value is -4.17. The largest absolute Gasteiger partial charge is 0.489 e. The topological polar surface area (TPSA) is 78.8 Å². The minimum atomic E-state index is -1.51. The first-order chi connectivity index (χ1) is 21.0. The number of ether oxygens (including phenoxy) is 2. The minimum absolute atomic E-state index is 0.0676. The Morgan fingerprint density at radius 3 is 2.27 bits per heavy atom. The molecular formula is C37H46N2O5S. The van der Waals surface area contributed by atoms with E-state index in [1.54, 1.807) is 10.6 Å². The Balaban J connectivity index is 0.00000148. The molecule has 0 saturated heterocycles. The second-order valence-electron chi connectivity index (χ2n) is 13.4. The molecule has 0 unspecified atom stereocenters. The number of carbonyl (C=O) groups excluding carboxylic acids is 2. The number of amides is 1. The molecule has 0 fully saturated rings. The molecule has 1 aliphatic heterocycles. The highest BCUT2D eigenvalue weighted by molar-refractivity contribution is 8.30. The normalized spacial score (nSPS) is 13.3. The number of nitrogens with one attached hydrogen (secondary N) is 1. The fraction of sp³-hybridized carbons (Fsp3) is 0.351. The van der Waals surface area contributed by atoms with Crippen molar-refractivity contribution in [3.8, 4) is 22.8 Å². The zero-order chi connectivity index (χ0) is 33.2. The molecule has 1 amide bonds. The molecule has 0 saturated carbocycles. The molecule has 0 spiro atoms. The molecule has 1 aliphatic rings. The van der Waals surface area contributed by atoms with Crippen molar-refractivity contribution < 1.29 is 23.2 Å². The van der Waals surface area contributed by atoms with E-state index in [1.807, 2.05) is 94.4 Å². The zero-order valence-electron chi connectivity index (χ0n) is 27.9. The first kappa shape index (κ1) is 33.7. The van der Waals surface area contributed by atoms with Crippen molar-refractivity contribution in [2.24, 2.45) is 0 Å². The van der Waals surface area contributed by atoms with Crippen LogP contribution in [0, 0.1) is 0 Å². The van der Waals surface area contributed by atoms with Gasteiger partial charge in [0, 0.05) is 22.2 Å². The molecule has 4 aromatic rings. The van der Waals surface area contributed by atoms with E-state index >= 15 is 0 Å². The maximum atomic E-state index is 13.7. The summed E-state index contributed by atoms with van der Waals surface area (Å²) in [6.45, 7) is 18.1. The van der Waals surface area contributed by atoms with Crippen LogP contribution in [0.3, 0.4) is 0 Å². The number of hydrogen-bond donors (Lipinski definition) is 1. The summed E-state index contributed by atoms with van der Waals surface area (Å²) in [5.41, 5.74) is 3.56. The number of benzene rings is 3. The van der Waals surface area contributed by atoms with Crippen LogP contribution in [0.1, 0.15) is 70.0 Å². The van der Waals surface area contributed by atoms with Crippen molar-refractivity contribution in [1.82, 2.24) is 9.88 Å². The fourth-order valence-corrected chi connectivity index (χ4v) is 5.51. The van der Waals surface area contributed by atoms with Crippen LogP contribution in [0.2, 0.25) is 0 Å². The van der Waals surface area contributed by atoms with Gasteiger partial charge in [0.15, 0.2) is 0 Å². The lowest BCUT2D eigenvalue weighted by Crippen LogP contribution is -2.28. The number of hydrogen-bond acceptors (Lipinski definition) is 5. The lowest BCUT2D eigenvalue weighted by molar-refractivity contribution is 0.0546. The van der Waals surface area contributed by atoms with Gasteiger partial charge in [-0.05, 0) is 109 Å². The van der Waals surface area contributed by atoms with Gasteiger partial charge in [-0.25, -0.2) is 9.36 Å². The highest BCUT2D eigenvalue weighted by Gasteiger charge is 2.33. The zero-order valence-corrected chi connectivity index (χ0v) is 28.8. The Morgan fingerprint density at radius 2 is 1.64 bits per heavy atom. The number of rotatable bonds is 6. The van der Waals surface area contributed by atoms with E-state index in [1.165, 1.54) is 0 Å². The molecular weight excluding hydrogens is 584 g/mol. The van der Waals surface area contributed by atoms with Crippen molar-refractivity contribution in [2.75, 3.05) is 12.5 Å². The third-order valence-corrected chi connectivity index (χ3v) is 11.1. The van der Waals surface area contributed by atoms with E-state index in [0.717, 1.165) is 16.5 Å². The van der Waals surface area contributed by atoms with Crippen LogP contribution in [-0.4, -0.2) is 39.4 Å². The van der Waals surface area contributed by atoms with Crippen molar-refractivity contribution in [2.45, 2.75) is 72.0 Å². The summed E-state index contributed by atoms with van der Waals surface area (Å²) in [7, 11) is -1.51. The molecule has 240 valence electrons. The van der Waals surface area contributed by atoms with Crippen molar-refractivity contribution in [3.63, 3.8) is 0 Å². The number of allylic oxidation sites excluding steroid dienone is 1. The van der Waals surface area contributed by atoms with Crippen molar-refractivity contribution in [3.05, 3.63) is 96.1 Å². The number of aromatic nitrogens is 1. The highest BCUT2D eigenvalue weighted by atomic mass is 32.3. The smallest absolute Gasteiger partial charge is 0.419 e. The van der Waals surface area contributed by atoms with Gasteiger partial charge in [-0.1, -0.05) is 46.7 Å². The van der Waals surface area contributed by atoms with Crippen molar-refractivity contribution in [1.29, 1.82) is 0 Å². The van der Waals surface area contributed by atoms with Gasteiger partial charge in [-0.3, -0.25) is 4.79 Å². The van der Waals surface area contributed by atoms with E-state index in [9.17, 15) is 9.59 Å². The van der Waals surface area contributed by atoms with Crippen LogP contribution in [0.5, 0.6) is 11.5 Å². The number of carbonyl (C=O) groups is 2. The molecule has 1 aromatic heterocycles. The summed E-state index contributed by atoms with van der Waals surface area (Å²) in [5, 5.41) is 3.74. The van der Waals surface area contributed by atoms with E-state index in [4.69, 9.17) is 13.7 Å². The van der Waals surface area contributed by atoms with Crippen LogP contribution in [0.4, 0.5) is 4.79 Å². The van der Waals surface area contributed by atoms with Gasteiger partial charge in [0.2, 0.25) is 0 Å². The fourth-order valence-electron chi connectivity index (χ4n) is 4.69. The van der Waals surface area contributed by atoms with Crippen LogP contribution < -0.4 is 14.2 Å². The summed E-state index contributed by atoms with van der Waals surface area (Å²) in [5.74, 6) is 1.17. The van der Waals surface area contributed by atoms with Gasteiger partial charge in [0.25, 0.3) is 5.91 Å². The summed E-state index contributed by atoms with van der Waals surface area (Å²) >= 11 is 0. The lowest BCUT2D eigenvalue weighted by Gasteiger charge is -2.43. The average Bonchev–Trinajstić information content (AvgIpc) is 3.51. The van der Waals surface area contributed by atoms with Gasteiger partial charge in [0.05, 0.1) is 16.8 Å². The molecule has 0 radical (unpaired) electrons. The number of fused-ring (bicyclic) bond motifs is 2. The predicted octanol–water partition coefficient (Wildman–Crippen LogP) is 9.26. The Kier molecular flexibility index (Phi) is 9.78. The molecule has 5 rings (SSSR count). The lowest BCUT2D eigenvalue weighted by atomic mass is 9.99. The molecule has 2 heterocycles. The Bertz CT molecular complexity index is 1710. The SMILES string of the molecule is C=CC.CC(C)(C)OC(=O)n1c(-c2cc(OS(C)(C)C(C)(C)C)cc3c2C(=O)NC3)cc2cc(OCc3ccccc3)ccc21. The maximum absolute atomic E-state index is 13.7. The first-order valence-corrected chi connectivity index (χ1v) is 17.4. The van der Waals surface area contributed by atoms with Gasteiger partial charge < -0.3 is 19.0 Å². The van der Waals surface area contributed by atoms with E-state index < -0.39 is 22.0 Å². The van der Waals surface area contributed by atoms with E-state index in [0.29, 0.717) is 47.0 Å². The second kappa shape index (κ2) is 13.1. The van der Waals surface area contributed by atoms with Gasteiger partial charge in [-0.15, -0.1) is 6.58 Å². The number of nitrogens with zero attached hydrogens (tertiary/aromatic N) is 1. The second-order valence-corrected chi connectivity index (χ2v) is 17.2. The molecule has 0 aliphatic carbocycles. The van der Waals surface area contributed by atoms with Crippen LogP contribution in [0.15, 0.2) is 79.4 Å². The van der Waals surface area contributed by atoms with Gasteiger partial charge >= 0.3 is 6.09 Å². The molecule has 0 bridgehead atoms. The standard InChI is InChI=1S/C34H40N2O5S.C3H6/c1-33(2,3)40-32(38)36-28-15-14-25(39-21-22-12-10-9-11-13-22)16-23(28)18-29(36)27-19-26(41-42(7,8)34(4,5)6)17-24-20-35-31(37)30(24)27;1-3-2/h9-19H,20-21H2,1-8H3,(H,35,37);3H,1H2,2H3. The predicted molar refractivity (Wildman–Crippen MR) is 187 cm³/mol. The molecule has 8 heteroatoms. The Labute approximate surface area is 269 Å². The van der Waals surface area contributed by atoms with Crippen LogP contribution in [-0.2, 0) is 17.9 Å². The quantitative estimate of drug-likeness (QED) is 0.215. The Morgan fingerprint density at radius 1 is 0.978 bits per heavy atom. The monoisotopic (exact) mass is 630 g/mol. The third kappa shape index (κ3) is 7.74. The highest BCUT2D eigenvalue weighted by Crippen LogP contribution is 2.54. The van der Waals surface area contributed by atoms with E-state index in [-0.39, 0.29) is 10.7 Å². The average molecular weight is 631 g/mol. The third-order valence-electron chi connectivity index (χ3n) is 7.51. The van der Waals surface area contributed by atoms with Crippen LogP contribution >= 0.6 is 10.3 Å². The molecule has 45 heavy (non-hydrogen) atoms.